The predicted octanol–water partition coefficient (Wildman–Crippen LogP) is 4.41. The Bertz CT molecular complexity index is 1230. The Morgan fingerprint density at radius 2 is 1.94 bits per heavy atom. The molecule has 3 heterocycles. The summed E-state index contributed by atoms with van der Waals surface area (Å²) in [6.45, 7) is 0.854. The number of carbonyl (C=O) groups excluding carboxylic acids is 2. The molecule has 0 aliphatic carbocycles. The second-order valence-electron chi connectivity index (χ2n) is 8.16. The van der Waals surface area contributed by atoms with Crippen molar-refractivity contribution in [3.05, 3.63) is 94.7 Å². The van der Waals surface area contributed by atoms with Gasteiger partial charge in [-0.25, -0.2) is 4.39 Å². The van der Waals surface area contributed by atoms with Gasteiger partial charge in [0.05, 0.1) is 18.4 Å². The molecule has 33 heavy (non-hydrogen) atoms. The molecule has 1 N–H and O–H groups in total. The highest BCUT2D eigenvalue weighted by atomic mass is 19.1. The molecular formula is C26H22FNO5. The van der Waals surface area contributed by atoms with Crippen LogP contribution in [0.25, 0.3) is 5.76 Å². The van der Waals surface area contributed by atoms with Crippen LogP contribution in [0.15, 0.2) is 70.9 Å². The number of halogens is 1. The number of fused-ring (bicyclic) bond motifs is 1. The lowest BCUT2D eigenvalue weighted by molar-refractivity contribution is -0.140. The van der Waals surface area contributed by atoms with Crippen molar-refractivity contribution in [1.82, 2.24) is 4.90 Å². The number of carbonyl (C=O) groups is 2. The zero-order valence-corrected chi connectivity index (χ0v) is 17.8. The third kappa shape index (κ3) is 3.91. The molecule has 0 bridgehead atoms. The standard InChI is InChI=1S/C26H22FNO5/c27-19-8-5-16(6-9-19)11-12-28-23(21-4-2-14-33-21)22(25(30)26(28)31)24(29)18-7-10-20-17(15-18)3-1-13-32-20/h2,4-10,14-15,23,29H,1,3,11-13H2/b24-22-. The van der Waals surface area contributed by atoms with E-state index in [4.69, 9.17) is 9.15 Å². The van der Waals surface area contributed by atoms with Gasteiger partial charge in [0.15, 0.2) is 0 Å². The number of amides is 1. The Morgan fingerprint density at radius 3 is 2.70 bits per heavy atom. The third-order valence-electron chi connectivity index (χ3n) is 6.09. The highest BCUT2D eigenvalue weighted by Gasteiger charge is 2.47. The SMILES string of the molecule is O=C1C(=O)N(CCc2ccc(F)cc2)C(c2ccco2)/C1=C(/O)c1ccc2c(c1)CCCO2. The molecule has 5 rings (SSSR count). The van der Waals surface area contributed by atoms with Crippen LogP contribution in [0.3, 0.4) is 0 Å². The van der Waals surface area contributed by atoms with Gasteiger partial charge in [-0.2, -0.15) is 0 Å². The van der Waals surface area contributed by atoms with E-state index in [1.54, 1.807) is 42.5 Å². The number of rotatable bonds is 5. The van der Waals surface area contributed by atoms with Crippen molar-refractivity contribution in [3.8, 4) is 5.75 Å². The number of ether oxygens (including phenoxy) is 1. The molecule has 1 amide bonds. The molecular weight excluding hydrogens is 425 g/mol. The van der Waals surface area contributed by atoms with E-state index in [1.165, 1.54) is 23.3 Å². The lowest BCUT2D eigenvalue weighted by atomic mass is 9.96. The topological polar surface area (TPSA) is 80.0 Å². The molecule has 6 nitrogen and oxygen atoms in total. The van der Waals surface area contributed by atoms with Crippen molar-refractivity contribution >= 4 is 17.4 Å². The van der Waals surface area contributed by atoms with Crippen molar-refractivity contribution in [2.75, 3.05) is 13.2 Å². The summed E-state index contributed by atoms with van der Waals surface area (Å²) in [6.07, 6.45) is 3.56. The van der Waals surface area contributed by atoms with Crippen LogP contribution >= 0.6 is 0 Å². The molecule has 3 aromatic rings. The van der Waals surface area contributed by atoms with E-state index in [9.17, 15) is 19.1 Å². The van der Waals surface area contributed by atoms with E-state index in [0.717, 1.165) is 29.7 Å². The monoisotopic (exact) mass is 447 g/mol. The lowest BCUT2D eigenvalue weighted by Crippen LogP contribution is -2.31. The van der Waals surface area contributed by atoms with Gasteiger partial charge in [0.1, 0.15) is 29.1 Å². The maximum Gasteiger partial charge on any atom is 0.295 e. The number of hydrogen-bond donors (Lipinski definition) is 1. The van der Waals surface area contributed by atoms with E-state index < -0.39 is 17.7 Å². The number of furan rings is 1. The molecule has 7 heteroatoms. The second-order valence-corrected chi connectivity index (χ2v) is 8.16. The number of hydrogen-bond acceptors (Lipinski definition) is 5. The summed E-state index contributed by atoms with van der Waals surface area (Å²) >= 11 is 0. The van der Waals surface area contributed by atoms with Crippen LogP contribution in [0.5, 0.6) is 5.75 Å². The minimum atomic E-state index is -0.854. The van der Waals surface area contributed by atoms with Gasteiger partial charge in [-0.05, 0) is 72.9 Å². The second kappa shape index (κ2) is 8.58. The summed E-state index contributed by atoms with van der Waals surface area (Å²) < 4.78 is 24.4. The van der Waals surface area contributed by atoms with E-state index in [-0.39, 0.29) is 23.7 Å². The Balaban J connectivity index is 1.52. The molecule has 1 saturated heterocycles. The largest absolute Gasteiger partial charge is 0.507 e. The van der Waals surface area contributed by atoms with Crippen LogP contribution in [0.4, 0.5) is 4.39 Å². The summed E-state index contributed by atoms with van der Waals surface area (Å²) in [6, 6.07) is 13.7. The molecule has 1 aromatic heterocycles. The first-order valence-corrected chi connectivity index (χ1v) is 10.9. The van der Waals surface area contributed by atoms with Gasteiger partial charge < -0.3 is 19.2 Å². The Labute approximate surface area is 189 Å². The van der Waals surface area contributed by atoms with Crippen LogP contribution in [0.1, 0.15) is 34.9 Å². The average molecular weight is 447 g/mol. The van der Waals surface area contributed by atoms with Gasteiger partial charge in [0.2, 0.25) is 0 Å². The van der Waals surface area contributed by atoms with Crippen molar-refractivity contribution < 1.29 is 28.2 Å². The summed E-state index contributed by atoms with van der Waals surface area (Å²) in [7, 11) is 0. The molecule has 1 atom stereocenters. The summed E-state index contributed by atoms with van der Waals surface area (Å²) in [4.78, 5) is 27.4. The highest BCUT2D eigenvalue weighted by Crippen LogP contribution is 2.40. The third-order valence-corrected chi connectivity index (χ3v) is 6.09. The maximum atomic E-state index is 13.2. The Morgan fingerprint density at radius 1 is 1.12 bits per heavy atom. The van der Waals surface area contributed by atoms with Gasteiger partial charge in [0.25, 0.3) is 11.7 Å². The van der Waals surface area contributed by atoms with Gasteiger partial charge in [-0.15, -0.1) is 0 Å². The fourth-order valence-electron chi connectivity index (χ4n) is 4.42. The van der Waals surface area contributed by atoms with E-state index >= 15 is 0 Å². The first-order chi connectivity index (χ1) is 16.0. The van der Waals surface area contributed by atoms with Gasteiger partial charge in [-0.1, -0.05) is 12.1 Å². The zero-order chi connectivity index (χ0) is 22.9. The molecule has 2 aromatic carbocycles. The summed E-state index contributed by atoms with van der Waals surface area (Å²) in [5.74, 6) is -0.905. The summed E-state index contributed by atoms with van der Waals surface area (Å²) in [5, 5.41) is 11.2. The predicted molar refractivity (Wildman–Crippen MR) is 118 cm³/mol. The first kappa shape index (κ1) is 21.0. The van der Waals surface area contributed by atoms with Crippen LogP contribution in [-0.2, 0) is 22.4 Å². The quantitative estimate of drug-likeness (QED) is 0.356. The first-order valence-electron chi connectivity index (χ1n) is 10.9. The minimum Gasteiger partial charge on any atom is -0.507 e. The number of Topliss-reactive ketones (excluding diaryl/α,β-unsaturated/α-hetero) is 1. The van der Waals surface area contributed by atoms with Crippen molar-refractivity contribution in [3.63, 3.8) is 0 Å². The van der Waals surface area contributed by atoms with Gasteiger partial charge >= 0.3 is 0 Å². The molecule has 2 aliphatic heterocycles. The molecule has 168 valence electrons. The van der Waals surface area contributed by atoms with Crippen molar-refractivity contribution in [2.45, 2.75) is 25.3 Å². The number of likely N-dealkylation sites (tertiary alicyclic amines) is 1. The van der Waals surface area contributed by atoms with E-state index in [2.05, 4.69) is 0 Å². The summed E-state index contributed by atoms with van der Waals surface area (Å²) in [5.41, 5.74) is 2.22. The van der Waals surface area contributed by atoms with Crippen LogP contribution in [-0.4, -0.2) is 34.8 Å². The number of ketones is 1. The average Bonchev–Trinajstić information content (AvgIpc) is 3.45. The molecule has 0 saturated carbocycles. The minimum absolute atomic E-state index is 0.00858. The molecule has 2 aliphatic rings. The molecule has 0 radical (unpaired) electrons. The number of aryl methyl sites for hydroxylation is 1. The fourth-order valence-corrected chi connectivity index (χ4v) is 4.42. The number of nitrogens with zero attached hydrogens (tertiary/aromatic N) is 1. The molecule has 1 fully saturated rings. The van der Waals surface area contributed by atoms with E-state index in [0.29, 0.717) is 24.4 Å². The Kier molecular flexibility index (Phi) is 5.46. The van der Waals surface area contributed by atoms with Crippen molar-refractivity contribution in [2.24, 2.45) is 0 Å². The normalized spacial score (nSPS) is 19.4. The molecule has 1 unspecified atom stereocenters. The van der Waals surface area contributed by atoms with Crippen LogP contribution in [0, 0.1) is 5.82 Å². The van der Waals surface area contributed by atoms with E-state index in [1.807, 2.05) is 0 Å². The maximum absolute atomic E-state index is 13.2. The smallest absolute Gasteiger partial charge is 0.295 e. The zero-order valence-electron chi connectivity index (χ0n) is 17.8. The molecule has 0 spiro atoms. The van der Waals surface area contributed by atoms with Gasteiger partial charge in [-0.3, -0.25) is 9.59 Å². The highest BCUT2D eigenvalue weighted by molar-refractivity contribution is 6.46. The van der Waals surface area contributed by atoms with Crippen LogP contribution in [0.2, 0.25) is 0 Å². The van der Waals surface area contributed by atoms with Crippen molar-refractivity contribution in [1.29, 1.82) is 0 Å². The number of benzene rings is 2. The fraction of sp³-hybridized carbons (Fsp3) is 0.231. The number of aliphatic hydroxyl groups excluding tert-OH is 1. The van der Waals surface area contributed by atoms with Crippen LogP contribution < -0.4 is 4.74 Å². The number of aliphatic hydroxyl groups is 1. The lowest BCUT2D eigenvalue weighted by Gasteiger charge is -2.23. The Hall–Kier alpha value is -3.87. The van der Waals surface area contributed by atoms with Gasteiger partial charge in [0, 0.05) is 12.1 Å².